The van der Waals surface area contributed by atoms with Crippen LogP contribution in [-0.2, 0) is 10.0 Å². The Kier molecular flexibility index (Phi) is 3.93. The summed E-state index contributed by atoms with van der Waals surface area (Å²) in [6.07, 6.45) is 2.87. The Morgan fingerprint density at radius 1 is 1.25 bits per heavy atom. The van der Waals surface area contributed by atoms with Crippen molar-refractivity contribution in [3.05, 3.63) is 42.4 Å². The molecule has 2 rings (SSSR count). The Bertz CT molecular complexity index is 744. The van der Waals surface area contributed by atoms with E-state index in [0.717, 1.165) is 0 Å². The van der Waals surface area contributed by atoms with Crippen LogP contribution in [-0.4, -0.2) is 23.4 Å². The van der Waals surface area contributed by atoms with E-state index < -0.39 is 10.0 Å². The molecule has 5 N–H and O–H groups in total. The van der Waals surface area contributed by atoms with Crippen LogP contribution in [0.5, 0.6) is 0 Å². The maximum atomic E-state index is 11.3. The molecular formula is C11H11N5O2S2. The minimum Gasteiger partial charge on any atom is -0.388 e. The second kappa shape index (κ2) is 5.49. The molecule has 1 heterocycles. The van der Waals surface area contributed by atoms with Crippen LogP contribution in [0.3, 0.4) is 0 Å². The van der Waals surface area contributed by atoms with Gasteiger partial charge in [-0.25, -0.2) is 23.5 Å². The lowest BCUT2D eigenvalue weighted by atomic mass is 10.3. The van der Waals surface area contributed by atoms with Crippen LogP contribution in [0.15, 0.2) is 41.6 Å². The molecule has 2 aromatic rings. The number of thiocarbonyl (C=S) groups is 1. The zero-order chi connectivity index (χ0) is 14.8. The lowest BCUT2D eigenvalue weighted by Crippen LogP contribution is -2.13. The van der Waals surface area contributed by atoms with E-state index in [1.54, 1.807) is 12.1 Å². The molecule has 0 spiro atoms. The van der Waals surface area contributed by atoms with Crippen molar-refractivity contribution in [3.8, 4) is 0 Å². The topological polar surface area (TPSA) is 124 Å². The van der Waals surface area contributed by atoms with Gasteiger partial charge in [-0.05, 0) is 18.2 Å². The van der Waals surface area contributed by atoms with Crippen molar-refractivity contribution in [1.29, 1.82) is 0 Å². The van der Waals surface area contributed by atoms with Gasteiger partial charge in [0.1, 0.15) is 16.5 Å². The number of primary sulfonamides is 1. The van der Waals surface area contributed by atoms with Gasteiger partial charge in [-0.2, -0.15) is 0 Å². The number of nitrogens with two attached hydrogens (primary N) is 2. The van der Waals surface area contributed by atoms with Crippen molar-refractivity contribution < 1.29 is 8.42 Å². The third-order valence-electron chi connectivity index (χ3n) is 2.34. The molecule has 0 unspecified atom stereocenters. The fraction of sp³-hybridized carbons (Fsp3) is 0. The second-order valence-corrected chi connectivity index (χ2v) is 5.85. The molecule has 0 amide bonds. The van der Waals surface area contributed by atoms with E-state index in [-0.39, 0.29) is 9.88 Å². The van der Waals surface area contributed by atoms with Crippen LogP contribution >= 0.6 is 12.2 Å². The van der Waals surface area contributed by atoms with E-state index in [1.807, 2.05) is 0 Å². The Labute approximate surface area is 121 Å². The average molecular weight is 309 g/mol. The number of benzene rings is 1. The maximum Gasteiger partial charge on any atom is 0.238 e. The van der Waals surface area contributed by atoms with E-state index in [1.165, 1.54) is 24.5 Å². The number of aromatic nitrogens is 2. The summed E-state index contributed by atoms with van der Waals surface area (Å²) < 4.78 is 22.5. The summed E-state index contributed by atoms with van der Waals surface area (Å²) in [5, 5.41) is 7.97. The third-order valence-corrected chi connectivity index (χ3v) is 3.46. The van der Waals surface area contributed by atoms with Gasteiger partial charge in [0.2, 0.25) is 10.0 Å². The van der Waals surface area contributed by atoms with E-state index in [9.17, 15) is 8.42 Å². The van der Waals surface area contributed by atoms with Gasteiger partial charge >= 0.3 is 0 Å². The lowest BCUT2D eigenvalue weighted by Gasteiger charge is -2.07. The van der Waals surface area contributed by atoms with Crippen LogP contribution in [0.2, 0.25) is 0 Å². The zero-order valence-electron chi connectivity index (χ0n) is 10.1. The highest BCUT2D eigenvalue weighted by Crippen LogP contribution is 2.17. The molecule has 0 bridgehead atoms. The number of nitrogens with zero attached hydrogens (tertiary/aromatic N) is 2. The first-order valence-corrected chi connectivity index (χ1v) is 7.33. The SMILES string of the molecule is NC(=S)c1cnc(Nc2cccc(S(N)(=O)=O)c2)cn1. The largest absolute Gasteiger partial charge is 0.388 e. The number of rotatable bonds is 4. The maximum absolute atomic E-state index is 11.3. The summed E-state index contributed by atoms with van der Waals surface area (Å²) in [5.41, 5.74) is 6.34. The van der Waals surface area contributed by atoms with Crippen molar-refractivity contribution in [2.45, 2.75) is 4.90 Å². The van der Waals surface area contributed by atoms with Crippen LogP contribution < -0.4 is 16.2 Å². The van der Waals surface area contributed by atoms with Gasteiger partial charge in [0.25, 0.3) is 0 Å². The average Bonchev–Trinajstić information content (AvgIpc) is 2.38. The van der Waals surface area contributed by atoms with Gasteiger partial charge in [-0.3, -0.25) is 0 Å². The quantitative estimate of drug-likeness (QED) is 0.702. The molecule has 0 radical (unpaired) electrons. The minimum absolute atomic E-state index is 0.00946. The molecular weight excluding hydrogens is 298 g/mol. The first-order valence-electron chi connectivity index (χ1n) is 5.38. The smallest absolute Gasteiger partial charge is 0.238 e. The molecule has 0 saturated carbocycles. The highest BCUT2D eigenvalue weighted by Gasteiger charge is 2.08. The van der Waals surface area contributed by atoms with Gasteiger partial charge in [0.05, 0.1) is 17.3 Å². The molecule has 0 saturated heterocycles. The van der Waals surface area contributed by atoms with E-state index in [2.05, 4.69) is 15.3 Å². The summed E-state index contributed by atoms with van der Waals surface area (Å²) >= 11 is 4.77. The molecule has 104 valence electrons. The molecule has 0 aliphatic heterocycles. The van der Waals surface area contributed by atoms with E-state index in [0.29, 0.717) is 17.2 Å². The predicted octanol–water partition coefficient (Wildman–Crippen LogP) is 0.502. The van der Waals surface area contributed by atoms with Gasteiger partial charge in [0, 0.05) is 5.69 Å². The summed E-state index contributed by atoms with van der Waals surface area (Å²) in [7, 11) is -3.75. The van der Waals surface area contributed by atoms with Gasteiger partial charge in [0.15, 0.2) is 0 Å². The Morgan fingerprint density at radius 2 is 2.00 bits per heavy atom. The molecule has 0 atom stereocenters. The molecule has 9 heteroatoms. The summed E-state index contributed by atoms with van der Waals surface area (Å²) in [6.45, 7) is 0. The second-order valence-electron chi connectivity index (χ2n) is 3.85. The van der Waals surface area contributed by atoms with E-state index >= 15 is 0 Å². The zero-order valence-corrected chi connectivity index (χ0v) is 11.8. The van der Waals surface area contributed by atoms with Crippen LogP contribution in [0.1, 0.15) is 5.69 Å². The number of nitrogens with one attached hydrogen (secondary N) is 1. The molecule has 0 aliphatic carbocycles. The molecule has 7 nitrogen and oxygen atoms in total. The molecule has 0 aliphatic rings. The molecule has 1 aromatic carbocycles. The van der Waals surface area contributed by atoms with Crippen LogP contribution in [0.4, 0.5) is 11.5 Å². The molecule has 20 heavy (non-hydrogen) atoms. The highest BCUT2D eigenvalue weighted by atomic mass is 32.2. The number of anilines is 2. The number of sulfonamides is 1. The van der Waals surface area contributed by atoms with Gasteiger partial charge in [-0.1, -0.05) is 18.3 Å². The Balaban J connectivity index is 2.24. The third kappa shape index (κ3) is 3.47. The van der Waals surface area contributed by atoms with Crippen molar-refractivity contribution in [2.24, 2.45) is 10.9 Å². The van der Waals surface area contributed by atoms with E-state index in [4.69, 9.17) is 23.1 Å². The van der Waals surface area contributed by atoms with Crippen LogP contribution in [0.25, 0.3) is 0 Å². The summed E-state index contributed by atoms with van der Waals surface area (Å²) in [6, 6.07) is 6.05. The summed E-state index contributed by atoms with van der Waals surface area (Å²) in [4.78, 5) is 8.24. The first-order chi connectivity index (χ1) is 9.36. The standard InChI is InChI=1S/C11H11N5O2S2/c12-11(19)9-5-15-10(6-14-9)16-7-2-1-3-8(4-7)20(13,17)18/h1-6H,(H2,12,19)(H,15,16)(H2,13,17,18). The van der Waals surface area contributed by atoms with Gasteiger partial charge in [-0.15, -0.1) is 0 Å². The Hall–Kier alpha value is -2.10. The van der Waals surface area contributed by atoms with Crippen LogP contribution in [0, 0.1) is 0 Å². The fourth-order valence-corrected chi connectivity index (χ4v) is 2.08. The van der Waals surface area contributed by atoms with Gasteiger partial charge < -0.3 is 11.1 Å². The summed E-state index contributed by atoms with van der Waals surface area (Å²) in [5.74, 6) is 0.427. The van der Waals surface area contributed by atoms with Crippen molar-refractivity contribution in [3.63, 3.8) is 0 Å². The van der Waals surface area contributed by atoms with Crippen molar-refractivity contribution in [2.75, 3.05) is 5.32 Å². The lowest BCUT2D eigenvalue weighted by molar-refractivity contribution is 0.598. The molecule has 0 fully saturated rings. The first kappa shape index (κ1) is 14.3. The Morgan fingerprint density at radius 3 is 2.55 bits per heavy atom. The predicted molar refractivity (Wildman–Crippen MR) is 79.0 cm³/mol. The van der Waals surface area contributed by atoms with Crippen molar-refractivity contribution >= 4 is 38.7 Å². The van der Waals surface area contributed by atoms with Crippen molar-refractivity contribution in [1.82, 2.24) is 9.97 Å². The normalized spacial score (nSPS) is 11.1. The number of hydrogen-bond acceptors (Lipinski definition) is 6. The molecule has 1 aromatic heterocycles. The fourth-order valence-electron chi connectivity index (χ4n) is 1.42. The number of hydrogen-bond donors (Lipinski definition) is 3. The minimum atomic E-state index is -3.75. The monoisotopic (exact) mass is 309 g/mol. The highest BCUT2D eigenvalue weighted by molar-refractivity contribution is 7.89.